The zero-order valence-corrected chi connectivity index (χ0v) is 13.6. The summed E-state index contributed by atoms with van der Waals surface area (Å²) < 4.78 is 1.20. The minimum atomic E-state index is -0.460. The van der Waals surface area contributed by atoms with Crippen LogP contribution in [-0.2, 0) is 4.79 Å². The molecular weight excluding hydrogens is 415 g/mol. The van der Waals surface area contributed by atoms with Crippen LogP contribution in [0.4, 0.5) is 11.4 Å². The first-order chi connectivity index (χ1) is 9.56. The number of benzene rings is 1. The van der Waals surface area contributed by atoms with Crippen molar-refractivity contribution in [3.8, 4) is 0 Å². The van der Waals surface area contributed by atoms with E-state index in [0.29, 0.717) is 9.26 Å². The Morgan fingerprint density at radius 2 is 2.35 bits per heavy atom. The summed E-state index contributed by atoms with van der Waals surface area (Å²) in [7, 11) is 0. The van der Waals surface area contributed by atoms with Crippen LogP contribution in [-0.4, -0.2) is 26.8 Å². The highest BCUT2D eigenvalue weighted by molar-refractivity contribution is 14.1. The second-order valence-corrected chi connectivity index (χ2v) is 6.68. The zero-order chi connectivity index (χ0) is 14.5. The van der Waals surface area contributed by atoms with Crippen molar-refractivity contribution in [2.24, 2.45) is 0 Å². The quantitative estimate of drug-likeness (QED) is 0.345. The van der Waals surface area contributed by atoms with Crippen molar-refractivity contribution < 1.29 is 9.72 Å². The highest BCUT2D eigenvalue weighted by atomic mass is 127. The molecule has 1 N–H and O–H groups in total. The normalized spacial score (nSPS) is 10.2. The van der Waals surface area contributed by atoms with Gasteiger partial charge in [0.05, 0.1) is 14.2 Å². The molecule has 10 heteroatoms. The van der Waals surface area contributed by atoms with Crippen LogP contribution in [0.2, 0.25) is 0 Å². The highest BCUT2D eigenvalue weighted by Crippen LogP contribution is 2.24. The summed E-state index contributed by atoms with van der Waals surface area (Å²) in [5, 5.41) is 20.9. The highest BCUT2D eigenvalue weighted by Gasteiger charge is 2.13. The van der Waals surface area contributed by atoms with Gasteiger partial charge < -0.3 is 5.32 Å². The summed E-state index contributed by atoms with van der Waals surface area (Å²) in [5.74, 6) is 0.0119. The molecule has 1 aromatic carbocycles. The molecule has 0 bridgehead atoms. The van der Waals surface area contributed by atoms with Crippen LogP contribution in [0.3, 0.4) is 0 Å². The number of rotatable bonds is 5. The molecule has 0 atom stereocenters. The molecule has 2 aromatic rings. The first-order valence-corrected chi connectivity index (χ1v) is 8.13. The number of hydrogen-bond donors (Lipinski definition) is 1. The van der Waals surface area contributed by atoms with Crippen LogP contribution in [0.1, 0.15) is 0 Å². The van der Waals surface area contributed by atoms with E-state index in [1.54, 1.807) is 11.6 Å². The fraction of sp³-hybridized carbons (Fsp3) is 0.100. The van der Waals surface area contributed by atoms with E-state index >= 15 is 0 Å². The maximum absolute atomic E-state index is 11.7. The van der Waals surface area contributed by atoms with Gasteiger partial charge in [0.2, 0.25) is 5.91 Å². The standard InChI is InChI=1S/C10H7IN4O3S2/c11-7-3-6(1-2-8(7)15(17)18)13-9(16)4-19-10-14-12-5-20-10/h1-3,5H,4H2,(H,13,16). The third-order valence-corrected chi connectivity index (χ3v) is 4.82. The van der Waals surface area contributed by atoms with Gasteiger partial charge in [-0.2, -0.15) is 0 Å². The summed E-state index contributed by atoms with van der Waals surface area (Å²) >= 11 is 4.52. The van der Waals surface area contributed by atoms with E-state index in [-0.39, 0.29) is 17.3 Å². The number of nitrogens with zero attached hydrogens (tertiary/aromatic N) is 3. The van der Waals surface area contributed by atoms with Gasteiger partial charge in [-0.25, -0.2) is 0 Å². The average Bonchev–Trinajstić information content (AvgIpc) is 2.89. The number of carbonyl (C=O) groups is 1. The van der Waals surface area contributed by atoms with E-state index in [2.05, 4.69) is 15.5 Å². The fourth-order valence-electron chi connectivity index (χ4n) is 1.28. The van der Waals surface area contributed by atoms with Crippen molar-refractivity contribution in [3.05, 3.63) is 37.4 Å². The molecule has 0 aliphatic carbocycles. The Hall–Kier alpha value is -1.27. The van der Waals surface area contributed by atoms with Crippen molar-refractivity contribution in [2.75, 3.05) is 11.1 Å². The average molecular weight is 422 g/mol. The molecule has 0 unspecified atom stereocenters. The van der Waals surface area contributed by atoms with Crippen molar-refractivity contribution in [1.29, 1.82) is 0 Å². The van der Waals surface area contributed by atoms with Gasteiger partial charge in [-0.1, -0.05) is 23.1 Å². The predicted molar refractivity (Wildman–Crippen MR) is 85.1 cm³/mol. The van der Waals surface area contributed by atoms with Crippen LogP contribution in [0.5, 0.6) is 0 Å². The molecule has 2 rings (SSSR count). The Labute approximate surface area is 135 Å². The van der Waals surface area contributed by atoms with Gasteiger partial charge in [0.25, 0.3) is 5.69 Å². The topological polar surface area (TPSA) is 98.0 Å². The SMILES string of the molecule is O=C(CSc1nncs1)Nc1ccc([N+](=O)[O-])c(I)c1. The van der Waals surface area contributed by atoms with Gasteiger partial charge in [-0.15, -0.1) is 10.2 Å². The Bertz CT molecular complexity index is 635. The number of halogens is 1. The molecule has 0 spiro atoms. The summed E-state index contributed by atoms with van der Waals surface area (Å²) in [5.41, 5.74) is 2.15. The summed E-state index contributed by atoms with van der Waals surface area (Å²) in [4.78, 5) is 22.0. The molecule has 0 aliphatic rings. The summed E-state index contributed by atoms with van der Waals surface area (Å²) in [6, 6.07) is 4.44. The molecule has 1 heterocycles. The third kappa shape index (κ3) is 4.11. The lowest BCUT2D eigenvalue weighted by molar-refractivity contribution is -0.385. The number of nitrogens with one attached hydrogen (secondary N) is 1. The van der Waals surface area contributed by atoms with E-state index in [1.165, 1.54) is 35.2 Å². The Morgan fingerprint density at radius 3 is 2.95 bits per heavy atom. The van der Waals surface area contributed by atoms with E-state index in [1.807, 2.05) is 22.6 Å². The van der Waals surface area contributed by atoms with Crippen LogP contribution >= 0.6 is 45.7 Å². The molecule has 20 heavy (non-hydrogen) atoms. The van der Waals surface area contributed by atoms with Gasteiger partial charge >= 0.3 is 0 Å². The monoisotopic (exact) mass is 422 g/mol. The Morgan fingerprint density at radius 1 is 1.55 bits per heavy atom. The lowest BCUT2D eigenvalue weighted by Gasteiger charge is -2.05. The second kappa shape index (κ2) is 6.95. The minimum Gasteiger partial charge on any atom is -0.325 e. The van der Waals surface area contributed by atoms with Crippen LogP contribution in [0, 0.1) is 13.7 Å². The fourth-order valence-corrected chi connectivity index (χ4v) is 3.28. The predicted octanol–water partition coefficient (Wildman–Crippen LogP) is 2.78. The molecule has 1 aromatic heterocycles. The van der Waals surface area contributed by atoms with E-state index < -0.39 is 4.92 Å². The van der Waals surface area contributed by atoms with Gasteiger partial charge in [0.15, 0.2) is 4.34 Å². The zero-order valence-electron chi connectivity index (χ0n) is 9.78. The van der Waals surface area contributed by atoms with Gasteiger partial charge in [0, 0.05) is 11.8 Å². The van der Waals surface area contributed by atoms with Crippen molar-refractivity contribution in [1.82, 2.24) is 10.2 Å². The second-order valence-electron chi connectivity index (χ2n) is 3.46. The minimum absolute atomic E-state index is 0.0202. The van der Waals surface area contributed by atoms with E-state index in [4.69, 9.17) is 0 Å². The molecule has 0 saturated carbocycles. The van der Waals surface area contributed by atoms with Crippen LogP contribution < -0.4 is 5.32 Å². The summed E-state index contributed by atoms with van der Waals surface area (Å²) in [6.07, 6.45) is 0. The van der Waals surface area contributed by atoms with Crippen LogP contribution in [0.15, 0.2) is 28.0 Å². The van der Waals surface area contributed by atoms with Crippen molar-refractivity contribution in [3.63, 3.8) is 0 Å². The molecule has 1 amide bonds. The van der Waals surface area contributed by atoms with Crippen molar-refractivity contribution >= 4 is 63.0 Å². The molecule has 104 valence electrons. The molecule has 0 saturated heterocycles. The number of thioether (sulfide) groups is 1. The van der Waals surface area contributed by atoms with Gasteiger partial charge in [0.1, 0.15) is 5.51 Å². The molecule has 7 nitrogen and oxygen atoms in total. The Balaban J connectivity index is 1.94. The third-order valence-electron chi connectivity index (χ3n) is 2.09. The van der Waals surface area contributed by atoms with E-state index in [9.17, 15) is 14.9 Å². The largest absolute Gasteiger partial charge is 0.325 e. The Kier molecular flexibility index (Phi) is 5.25. The molecule has 0 fully saturated rings. The first-order valence-electron chi connectivity index (χ1n) is 5.19. The number of nitro benzene ring substituents is 1. The molecular formula is C10H7IN4O3S2. The number of hydrogen-bond acceptors (Lipinski definition) is 7. The van der Waals surface area contributed by atoms with E-state index in [0.717, 1.165) is 4.34 Å². The lowest BCUT2D eigenvalue weighted by Crippen LogP contribution is -2.14. The number of carbonyl (C=O) groups excluding carboxylic acids is 1. The number of amides is 1. The van der Waals surface area contributed by atoms with Gasteiger partial charge in [-0.3, -0.25) is 14.9 Å². The van der Waals surface area contributed by atoms with Crippen LogP contribution in [0.25, 0.3) is 0 Å². The first kappa shape index (κ1) is 15.1. The van der Waals surface area contributed by atoms with Gasteiger partial charge in [-0.05, 0) is 34.7 Å². The lowest BCUT2D eigenvalue weighted by atomic mass is 10.3. The maximum atomic E-state index is 11.7. The number of aromatic nitrogens is 2. The molecule has 0 aliphatic heterocycles. The maximum Gasteiger partial charge on any atom is 0.282 e. The summed E-state index contributed by atoms with van der Waals surface area (Å²) in [6.45, 7) is 0. The number of anilines is 1. The molecule has 0 radical (unpaired) electrons. The number of nitro groups is 1. The van der Waals surface area contributed by atoms with Crippen molar-refractivity contribution in [2.45, 2.75) is 4.34 Å². The smallest absolute Gasteiger partial charge is 0.282 e.